The average Bonchev–Trinajstić information content (AvgIpc) is 3.04. The first kappa shape index (κ1) is 19.4. The number of fused-ring (bicyclic) bond motifs is 2. The third-order valence-electron chi connectivity index (χ3n) is 10.0. The summed E-state index contributed by atoms with van der Waals surface area (Å²) in [4.78, 5) is 0. The molecule has 4 bridgehead atoms. The summed E-state index contributed by atoms with van der Waals surface area (Å²) in [5.41, 5.74) is 1.10. The van der Waals surface area contributed by atoms with Gasteiger partial charge in [-0.3, -0.25) is 0 Å². The molecule has 5 nitrogen and oxygen atoms in total. The van der Waals surface area contributed by atoms with Crippen LogP contribution in [-0.4, -0.2) is 47.7 Å². The SMILES string of the molecule is CO[C@]12CC[C@@]3(C[C@]1(C)[C@H](O)C(C)(C)C)C1Cc4ccc(O)c5c4C3(CCN1)[C@H]2O5. The standard InChI is InChI=1S/C25H35NO4/c1-21(2,3)19(28)22(4)13-23-8-9-25(22,29-5)20-24(23)10-11-26-16(23)12-14-6-7-15(27)18(30-20)17(14)24/h6-7,16,19-20,26-28H,8-13H2,1-5H3/t16?,19-,20-,22-,23-,24?,25+/m1/s1. The van der Waals surface area contributed by atoms with E-state index >= 15 is 0 Å². The van der Waals surface area contributed by atoms with Crippen LogP contribution in [0.4, 0.5) is 0 Å². The van der Waals surface area contributed by atoms with Crippen LogP contribution < -0.4 is 10.1 Å². The normalized spacial score (nSPS) is 46.3. The second-order valence-corrected chi connectivity index (χ2v) is 12.0. The summed E-state index contributed by atoms with van der Waals surface area (Å²) in [6.45, 7) is 9.55. The van der Waals surface area contributed by atoms with E-state index in [1.165, 1.54) is 11.1 Å². The molecule has 2 aliphatic heterocycles. The Bertz CT molecular complexity index is 940. The molecule has 5 heteroatoms. The number of aliphatic hydroxyl groups excluding tert-OH is 1. The van der Waals surface area contributed by atoms with E-state index in [-0.39, 0.29) is 28.1 Å². The maximum Gasteiger partial charge on any atom is 0.165 e. The first-order chi connectivity index (χ1) is 14.1. The monoisotopic (exact) mass is 413 g/mol. The fraction of sp³-hybridized carbons (Fsp3) is 0.760. The Hall–Kier alpha value is -1.30. The Balaban J connectivity index is 1.66. The lowest BCUT2D eigenvalue weighted by Crippen LogP contribution is -2.84. The largest absolute Gasteiger partial charge is 0.504 e. The predicted molar refractivity (Wildman–Crippen MR) is 114 cm³/mol. The smallest absolute Gasteiger partial charge is 0.165 e. The van der Waals surface area contributed by atoms with Gasteiger partial charge in [0.05, 0.1) is 6.10 Å². The molecule has 0 radical (unpaired) electrons. The zero-order valence-corrected chi connectivity index (χ0v) is 18.8. The number of hydrogen-bond acceptors (Lipinski definition) is 5. The van der Waals surface area contributed by atoms with Crippen molar-refractivity contribution in [1.82, 2.24) is 5.32 Å². The molecule has 2 unspecified atom stereocenters. The maximum atomic E-state index is 11.8. The van der Waals surface area contributed by atoms with Gasteiger partial charge in [-0.25, -0.2) is 0 Å². The summed E-state index contributed by atoms with van der Waals surface area (Å²) in [6.07, 6.45) is 4.10. The van der Waals surface area contributed by atoms with Crippen LogP contribution in [0, 0.1) is 16.2 Å². The Morgan fingerprint density at radius 2 is 2.00 bits per heavy atom. The van der Waals surface area contributed by atoms with Crippen molar-refractivity contribution < 1.29 is 19.7 Å². The van der Waals surface area contributed by atoms with Gasteiger partial charge in [0.2, 0.25) is 0 Å². The Kier molecular flexibility index (Phi) is 3.46. The van der Waals surface area contributed by atoms with Crippen molar-refractivity contribution in [3.63, 3.8) is 0 Å². The second kappa shape index (κ2) is 5.36. The van der Waals surface area contributed by atoms with Gasteiger partial charge in [0, 0.05) is 35.0 Å². The number of aliphatic hydroxyl groups is 1. The molecule has 3 N–H and O–H groups in total. The molecule has 3 saturated carbocycles. The molecule has 0 amide bonds. The van der Waals surface area contributed by atoms with Crippen LogP contribution in [0.3, 0.4) is 0 Å². The van der Waals surface area contributed by atoms with E-state index in [1.807, 2.05) is 0 Å². The molecule has 1 aromatic carbocycles. The fourth-order valence-corrected chi connectivity index (χ4v) is 9.11. The van der Waals surface area contributed by atoms with Gasteiger partial charge >= 0.3 is 0 Å². The number of methoxy groups -OCH3 is 1. The van der Waals surface area contributed by atoms with Crippen molar-refractivity contribution in [2.75, 3.05) is 13.7 Å². The molecule has 7 rings (SSSR count). The van der Waals surface area contributed by atoms with E-state index < -0.39 is 17.1 Å². The lowest BCUT2D eigenvalue weighted by molar-refractivity contribution is -0.321. The van der Waals surface area contributed by atoms with Crippen molar-refractivity contribution in [1.29, 1.82) is 0 Å². The minimum Gasteiger partial charge on any atom is -0.504 e. The topological polar surface area (TPSA) is 71.0 Å². The Labute approximate surface area is 179 Å². The van der Waals surface area contributed by atoms with E-state index in [1.54, 1.807) is 13.2 Å². The number of aromatic hydroxyl groups is 1. The van der Waals surface area contributed by atoms with E-state index in [0.717, 1.165) is 38.6 Å². The van der Waals surface area contributed by atoms with E-state index in [4.69, 9.17) is 9.47 Å². The zero-order chi connectivity index (χ0) is 21.3. The van der Waals surface area contributed by atoms with Crippen LogP contribution >= 0.6 is 0 Å². The molecule has 7 atom stereocenters. The lowest BCUT2D eigenvalue weighted by Gasteiger charge is -2.76. The number of phenols is 1. The molecular formula is C25H35NO4. The Morgan fingerprint density at radius 1 is 1.23 bits per heavy atom. The predicted octanol–water partition coefficient (Wildman–Crippen LogP) is 3.29. The number of ether oxygens (including phenoxy) is 2. The molecular weight excluding hydrogens is 378 g/mol. The molecule has 2 heterocycles. The molecule has 4 aliphatic carbocycles. The van der Waals surface area contributed by atoms with Crippen LogP contribution in [0.25, 0.3) is 0 Å². The number of piperidine rings is 1. The van der Waals surface area contributed by atoms with Crippen molar-refractivity contribution in [2.24, 2.45) is 16.2 Å². The number of nitrogens with one attached hydrogen (secondary N) is 1. The lowest BCUT2D eigenvalue weighted by atomic mass is 9.31. The van der Waals surface area contributed by atoms with Crippen molar-refractivity contribution in [3.05, 3.63) is 23.3 Å². The maximum absolute atomic E-state index is 11.8. The van der Waals surface area contributed by atoms with Crippen molar-refractivity contribution in [3.8, 4) is 11.5 Å². The van der Waals surface area contributed by atoms with Gasteiger partial charge in [0.1, 0.15) is 11.7 Å². The number of hydrogen-bond donors (Lipinski definition) is 3. The molecule has 164 valence electrons. The average molecular weight is 414 g/mol. The number of benzene rings is 1. The number of phenolic OH excluding ortho intramolecular Hbond substituents is 1. The third kappa shape index (κ3) is 1.74. The highest BCUT2D eigenvalue weighted by atomic mass is 16.6. The molecule has 1 aromatic rings. The third-order valence-corrected chi connectivity index (χ3v) is 10.0. The molecule has 2 spiro atoms. The summed E-state index contributed by atoms with van der Waals surface area (Å²) in [5.74, 6) is 0.924. The highest BCUT2D eigenvalue weighted by Crippen LogP contribution is 2.79. The van der Waals surface area contributed by atoms with E-state index in [0.29, 0.717) is 11.8 Å². The summed E-state index contributed by atoms with van der Waals surface area (Å²) in [7, 11) is 1.80. The first-order valence-corrected chi connectivity index (χ1v) is 11.6. The van der Waals surface area contributed by atoms with Crippen LogP contribution in [0.2, 0.25) is 0 Å². The molecule has 6 aliphatic rings. The fourth-order valence-electron chi connectivity index (χ4n) is 9.11. The van der Waals surface area contributed by atoms with Gasteiger partial charge in [0.15, 0.2) is 11.5 Å². The summed E-state index contributed by atoms with van der Waals surface area (Å²) < 4.78 is 13.3. The van der Waals surface area contributed by atoms with Crippen LogP contribution in [0.1, 0.15) is 64.5 Å². The van der Waals surface area contributed by atoms with Crippen molar-refractivity contribution >= 4 is 0 Å². The second-order valence-electron chi connectivity index (χ2n) is 12.0. The van der Waals surface area contributed by atoms with Crippen molar-refractivity contribution in [2.45, 2.75) is 89.1 Å². The first-order valence-electron chi connectivity index (χ1n) is 11.6. The quantitative estimate of drug-likeness (QED) is 0.694. The number of rotatable bonds is 2. The zero-order valence-electron chi connectivity index (χ0n) is 18.8. The minimum atomic E-state index is -0.594. The molecule has 0 aromatic heterocycles. The summed E-state index contributed by atoms with van der Waals surface area (Å²) in [6, 6.07) is 4.25. The van der Waals surface area contributed by atoms with Gasteiger partial charge in [-0.1, -0.05) is 33.8 Å². The van der Waals surface area contributed by atoms with E-state index in [2.05, 4.69) is 39.1 Å². The van der Waals surface area contributed by atoms with Gasteiger partial charge in [-0.15, -0.1) is 0 Å². The van der Waals surface area contributed by atoms with Crippen LogP contribution in [-0.2, 0) is 16.6 Å². The highest BCUT2D eigenvalue weighted by molar-refractivity contribution is 5.63. The molecule has 1 saturated heterocycles. The van der Waals surface area contributed by atoms with Crippen LogP contribution in [0.5, 0.6) is 11.5 Å². The van der Waals surface area contributed by atoms with Gasteiger partial charge in [-0.05, 0) is 55.7 Å². The molecule has 30 heavy (non-hydrogen) atoms. The summed E-state index contributed by atoms with van der Waals surface area (Å²) >= 11 is 0. The Morgan fingerprint density at radius 3 is 2.70 bits per heavy atom. The van der Waals surface area contributed by atoms with Gasteiger partial charge < -0.3 is 25.0 Å². The van der Waals surface area contributed by atoms with E-state index in [9.17, 15) is 10.2 Å². The van der Waals surface area contributed by atoms with Gasteiger partial charge in [0.25, 0.3) is 0 Å². The van der Waals surface area contributed by atoms with Gasteiger partial charge in [-0.2, -0.15) is 0 Å². The van der Waals surface area contributed by atoms with Crippen LogP contribution in [0.15, 0.2) is 12.1 Å². The summed E-state index contributed by atoms with van der Waals surface area (Å²) in [5, 5.41) is 26.4. The molecule has 4 fully saturated rings. The highest BCUT2D eigenvalue weighted by Gasteiger charge is 2.83. The minimum absolute atomic E-state index is 0.00319.